The van der Waals surface area contributed by atoms with E-state index >= 15 is 0 Å². The highest BCUT2D eigenvalue weighted by Gasteiger charge is 2.05. The molecule has 0 saturated heterocycles. The summed E-state index contributed by atoms with van der Waals surface area (Å²) < 4.78 is 0. The Bertz CT molecular complexity index is 482. The van der Waals surface area contributed by atoms with Gasteiger partial charge in [0.2, 0.25) is 0 Å². The molecule has 0 aliphatic carbocycles. The second-order valence-corrected chi connectivity index (χ2v) is 4.30. The average molecular weight is 229 g/mol. The van der Waals surface area contributed by atoms with E-state index in [-0.39, 0.29) is 0 Å². The van der Waals surface area contributed by atoms with Crippen LogP contribution in [0.1, 0.15) is 33.1 Å². The van der Waals surface area contributed by atoms with E-state index in [0.29, 0.717) is 6.04 Å². The van der Waals surface area contributed by atoms with Crippen molar-refractivity contribution in [1.29, 1.82) is 0 Å². The van der Waals surface area contributed by atoms with E-state index < -0.39 is 0 Å². The fourth-order valence-corrected chi connectivity index (χ4v) is 2.02. The molecule has 17 heavy (non-hydrogen) atoms. The first-order valence-corrected chi connectivity index (χ1v) is 6.30. The summed E-state index contributed by atoms with van der Waals surface area (Å²) in [6.07, 6.45) is 7.01. The van der Waals surface area contributed by atoms with Gasteiger partial charge in [0.15, 0.2) is 0 Å². The van der Waals surface area contributed by atoms with Crippen LogP contribution < -0.4 is 5.32 Å². The second kappa shape index (κ2) is 5.62. The number of nitrogens with one attached hydrogen (secondary N) is 1. The van der Waals surface area contributed by atoms with Gasteiger partial charge in [-0.15, -0.1) is 0 Å². The van der Waals surface area contributed by atoms with E-state index in [0.717, 1.165) is 23.1 Å². The van der Waals surface area contributed by atoms with Crippen molar-refractivity contribution in [3.05, 3.63) is 30.6 Å². The van der Waals surface area contributed by atoms with Crippen molar-refractivity contribution < 1.29 is 0 Å². The standard InChI is InChI=1S/C14H19N3/c1-3-5-11(4-2)17-12-6-7-13-14(10-12)16-9-8-15-13/h6-11,17H,3-5H2,1-2H3. The predicted molar refractivity (Wildman–Crippen MR) is 72.1 cm³/mol. The van der Waals surface area contributed by atoms with Gasteiger partial charge in [-0.05, 0) is 31.0 Å². The van der Waals surface area contributed by atoms with Gasteiger partial charge in [0.1, 0.15) is 0 Å². The van der Waals surface area contributed by atoms with Gasteiger partial charge in [0.25, 0.3) is 0 Å². The van der Waals surface area contributed by atoms with E-state index in [1.54, 1.807) is 12.4 Å². The molecule has 2 rings (SSSR count). The summed E-state index contributed by atoms with van der Waals surface area (Å²) in [5.74, 6) is 0. The molecular weight excluding hydrogens is 210 g/mol. The zero-order valence-electron chi connectivity index (χ0n) is 10.5. The average Bonchev–Trinajstić information content (AvgIpc) is 2.38. The number of hydrogen-bond donors (Lipinski definition) is 1. The van der Waals surface area contributed by atoms with Crippen LogP contribution in [0.15, 0.2) is 30.6 Å². The van der Waals surface area contributed by atoms with E-state index in [4.69, 9.17) is 0 Å². The third kappa shape index (κ3) is 2.93. The summed E-state index contributed by atoms with van der Waals surface area (Å²) in [7, 11) is 0. The fourth-order valence-electron chi connectivity index (χ4n) is 2.02. The summed E-state index contributed by atoms with van der Waals surface area (Å²) in [5, 5.41) is 3.55. The molecule has 1 N–H and O–H groups in total. The zero-order chi connectivity index (χ0) is 12.1. The highest BCUT2D eigenvalue weighted by Crippen LogP contribution is 2.17. The number of anilines is 1. The lowest BCUT2D eigenvalue weighted by atomic mass is 10.1. The smallest absolute Gasteiger partial charge is 0.0907 e. The Morgan fingerprint density at radius 2 is 1.88 bits per heavy atom. The van der Waals surface area contributed by atoms with Gasteiger partial charge >= 0.3 is 0 Å². The van der Waals surface area contributed by atoms with E-state index in [1.165, 1.54) is 12.8 Å². The lowest BCUT2D eigenvalue weighted by molar-refractivity contribution is 0.623. The van der Waals surface area contributed by atoms with Gasteiger partial charge in [0, 0.05) is 24.1 Å². The van der Waals surface area contributed by atoms with Crippen LogP contribution >= 0.6 is 0 Å². The second-order valence-electron chi connectivity index (χ2n) is 4.30. The first-order chi connectivity index (χ1) is 8.33. The summed E-state index contributed by atoms with van der Waals surface area (Å²) in [6, 6.07) is 6.72. The molecular formula is C14H19N3. The number of aromatic nitrogens is 2. The predicted octanol–water partition coefficient (Wildman–Crippen LogP) is 3.62. The van der Waals surface area contributed by atoms with Crippen molar-refractivity contribution in [2.24, 2.45) is 0 Å². The molecule has 0 aliphatic rings. The first kappa shape index (κ1) is 11.8. The van der Waals surface area contributed by atoms with E-state index in [9.17, 15) is 0 Å². The van der Waals surface area contributed by atoms with Crippen molar-refractivity contribution in [1.82, 2.24) is 9.97 Å². The number of benzene rings is 1. The van der Waals surface area contributed by atoms with Gasteiger partial charge < -0.3 is 5.32 Å². The molecule has 0 amide bonds. The van der Waals surface area contributed by atoms with Gasteiger partial charge in [-0.25, -0.2) is 0 Å². The van der Waals surface area contributed by atoms with Gasteiger partial charge in [0.05, 0.1) is 11.0 Å². The third-order valence-electron chi connectivity index (χ3n) is 2.97. The molecule has 1 aromatic heterocycles. The van der Waals surface area contributed by atoms with Crippen molar-refractivity contribution in [3.63, 3.8) is 0 Å². The van der Waals surface area contributed by atoms with Crippen LogP contribution in [0.25, 0.3) is 11.0 Å². The minimum Gasteiger partial charge on any atom is -0.382 e. The molecule has 3 heteroatoms. The Morgan fingerprint density at radius 3 is 2.59 bits per heavy atom. The highest BCUT2D eigenvalue weighted by atomic mass is 14.9. The number of rotatable bonds is 5. The molecule has 0 radical (unpaired) electrons. The van der Waals surface area contributed by atoms with Gasteiger partial charge in [-0.1, -0.05) is 20.3 Å². The molecule has 0 bridgehead atoms. The van der Waals surface area contributed by atoms with Crippen molar-refractivity contribution in [2.75, 3.05) is 5.32 Å². The van der Waals surface area contributed by atoms with Gasteiger partial charge in [-0.2, -0.15) is 0 Å². The minimum atomic E-state index is 0.550. The first-order valence-electron chi connectivity index (χ1n) is 6.30. The Hall–Kier alpha value is -1.64. The Kier molecular flexibility index (Phi) is 3.91. The number of fused-ring (bicyclic) bond motifs is 1. The topological polar surface area (TPSA) is 37.8 Å². The van der Waals surface area contributed by atoms with Crippen LogP contribution in [-0.4, -0.2) is 16.0 Å². The molecule has 1 heterocycles. The number of nitrogens with zero attached hydrogens (tertiary/aromatic N) is 2. The Balaban J connectivity index is 2.18. The highest BCUT2D eigenvalue weighted by molar-refractivity contribution is 5.78. The largest absolute Gasteiger partial charge is 0.382 e. The van der Waals surface area contributed by atoms with Crippen LogP contribution in [0.4, 0.5) is 5.69 Å². The van der Waals surface area contributed by atoms with Crippen LogP contribution in [-0.2, 0) is 0 Å². The molecule has 1 aromatic carbocycles. The molecule has 2 aromatic rings. The molecule has 0 aliphatic heterocycles. The zero-order valence-corrected chi connectivity index (χ0v) is 10.5. The normalized spacial score (nSPS) is 12.6. The maximum Gasteiger partial charge on any atom is 0.0907 e. The van der Waals surface area contributed by atoms with Crippen molar-refractivity contribution >= 4 is 16.7 Å². The lowest BCUT2D eigenvalue weighted by Gasteiger charge is -2.17. The molecule has 0 fully saturated rings. The minimum absolute atomic E-state index is 0.550. The molecule has 0 spiro atoms. The summed E-state index contributed by atoms with van der Waals surface area (Å²) in [4.78, 5) is 8.59. The third-order valence-corrected chi connectivity index (χ3v) is 2.97. The summed E-state index contributed by atoms with van der Waals surface area (Å²) >= 11 is 0. The molecule has 1 atom stereocenters. The maximum absolute atomic E-state index is 4.32. The lowest BCUT2D eigenvalue weighted by Crippen LogP contribution is -2.17. The fraction of sp³-hybridized carbons (Fsp3) is 0.429. The van der Waals surface area contributed by atoms with E-state index in [2.05, 4.69) is 41.3 Å². The SMILES string of the molecule is CCCC(CC)Nc1ccc2nccnc2c1. The molecule has 0 saturated carbocycles. The molecule has 3 nitrogen and oxygen atoms in total. The monoisotopic (exact) mass is 229 g/mol. The molecule has 1 unspecified atom stereocenters. The Morgan fingerprint density at radius 1 is 1.12 bits per heavy atom. The van der Waals surface area contributed by atoms with Crippen LogP contribution in [0.2, 0.25) is 0 Å². The quantitative estimate of drug-likeness (QED) is 0.851. The van der Waals surface area contributed by atoms with Crippen LogP contribution in [0.5, 0.6) is 0 Å². The van der Waals surface area contributed by atoms with Crippen molar-refractivity contribution in [3.8, 4) is 0 Å². The molecule has 90 valence electrons. The summed E-state index contributed by atoms with van der Waals surface area (Å²) in [5.41, 5.74) is 3.03. The van der Waals surface area contributed by atoms with Crippen LogP contribution in [0.3, 0.4) is 0 Å². The van der Waals surface area contributed by atoms with Crippen LogP contribution in [0, 0.1) is 0 Å². The summed E-state index contributed by atoms with van der Waals surface area (Å²) in [6.45, 7) is 4.43. The van der Waals surface area contributed by atoms with Crippen molar-refractivity contribution in [2.45, 2.75) is 39.2 Å². The number of hydrogen-bond acceptors (Lipinski definition) is 3. The van der Waals surface area contributed by atoms with Gasteiger partial charge in [-0.3, -0.25) is 9.97 Å². The van der Waals surface area contributed by atoms with E-state index in [1.807, 2.05) is 6.07 Å². The Labute approximate surface area is 102 Å². The maximum atomic E-state index is 4.32.